The van der Waals surface area contributed by atoms with Crippen LogP contribution in [0, 0.1) is 0 Å². The molecule has 2 heterocycles. The van der Waals surface area contributed by atoms with Crippen molar-refractivity contribution >= 4 is 0 Å². The molecule has 1 N–H and O–H groups in total. The smallest absolute Gasteiger partial charge is 0.0540 e. The molecule has 0 aromatic carbocycles. The lowest BCUT2D eigenvalue weighted by Crippen LogP contribution is -2.28. The van der Waals surface area contributed by atoms with E-state index in [4.69, 9.17) is 0 Å². The van der Waals surface area contributed by atoms with Gasteiger partial charge in [0.2, 0.25) is 0 Å². The Balaban J connectivity index is 0.000000509. The van der Waals surface area contributed by atoms with Gasteiger partial charge < -0.3 is 4.90 Å². The molecule has 0 saturated carbocycles. The highest BCUT2D eigenvalue weighted by molar-refractivity contribution is 5.20. The molecule has 2 rings (SSSR count). The van der Waals surface area contributed by atoms with Crippen LogP contribution in [-0.2, 0) is 13.0 Å². The molecule has 0 unspecified atom stereocenters. The van der Waals surface area contributed by atoms with Crippen LogP contribution in [0.25, 0.3) is 0 Å². The average Bonchev–Trinajstić information content (AvgIpc) is 2.81. The SMILES string of the molecule is C=C(C)N1CCc2[nH]ncc2C1.CC.CC. The quantitative estimate of drug-likeness (QED) is 0.791. The van der Waals surface area contributed by atoms with Crippen molar-refractivity contribution in [3.05, 3.63) is 29.7 Å². The van der Waals surface area contributed by atoms with E-state index in [2.05, 4.69) is 21.7 Å². The maximum absolute atomic E-state index is 4.02. The van der Waals surface area contributed by atoms with E-state index in [0.29, 0.717) is 0 Å². The maximum atomic E-state index is 4.02. The van der Waals surface area contributed by atoms with E-state index >= 15 is 0 Å². The highest BCUT2D eigenvalue weighted by Crippen LogP contribution is 2.18. The molecule has 3 heteroatoms. The van der Waals surface area contributed by atoms with Crippen molar-refractivity contribution in [2.45, 2.75) is 47.6 Å². The van der Waals surface area contributed by atoms with Crippen LogP contribution in [0.5, 0.6) is 0 Å². The van der Waals surface area contributed by atoms with Crippen LogP contribution in [0.3, 0.4) is 0 Å². The molecule has 92 valence electrons. The van der Waals surface area contributed by atoms with E-state index in [1.165, 1.54) is 11.3 Å². The molecule has 1 aromatic heterocycles. The first kappa shape index (κ1) is 14.8. The summed E-state index contributed by atoms with van der Waals surface area (Å²) in [4.78, 5) is 2.28. The highest BCUT2D eigenvalue weighted by Gasteiger charge is 2.16. The minimum atomic E-state index is 0.959. The average molecular weight is 223 g/mol. The summed E-state index contributed by atoms with van der Waals surface area (Å²) >= 11 is 0. The number of rotatable bonds is 1. The third kappa shape index (κ3) is 3.72. The summed E-state index contributed by atoms with van der Waals surface area (Å²) in [5, 5.41) is 7.03. The Bertz CT molecular complexity index is 302. The summed E-state index contributed by atoms with van der Waals surface area (Å²) in [6.07, 6.45) is 2.96. The number of aromatic nitrogens is 2. The van der Waals surface area contributed by atoms with Crippen molar-refractivity contribution in [3.8, 4) is 0 Å². The summed E-state index contributed by atoms with van der Waals surface area (Å²) in [7, 11) is 0. The monoisotopic (exact) mass is 223 g/mol. The molecule has 0 fully saturated rings. The summed E-state index contributed by atoms with van der Waals surface area (Å²) in [5.74, 6) is 0. The molecule has 3 nitrogen and oxygen atoms in total. The molecule has 1 aliphatic rings. The molecule has 0 aliphatic carbocycles. The number of nitrogens with zero attached hydrogens (tertiary/aromatic N) is 2. The highest BCUT2D eigenvalue weighted by atomic mass is 15.2. The second-order valence-corrected chi connectivity index (χ2v) is 3.28. The topological polar surface area (TPSA) is 31.9 Å². The van der Waals surface area contributed by atoms with Gasteiger partial charge in [-0.1, -0.05) is 34.3 Å². The fourth-order valence-corrected chi connectivity index (χ4v) is 1.55. The van der Waals surface area contributed by atoms with Gasteiger partial charge in [-0.15, -0.1) is 0 Å². The number of hydrogen-bond acceptors (Lipinski definition) is 2. The van der Waals surface area contributed by atoms with Gasteiger partial charge in [-0.25, -0.2) is 0 Å². The Labute approximate surface area is 99.6 Å². The van der Waals surface area contributed by atoms with Crippen molar-refractivity contribution in [1.29, 1.82) is 0 Å². The largest absolute Gasteiger partial charge is 0.371 e. The molecular formula is C13H25N3. The lowest BCUT2D eigenvalue weighted by molar-refractivity contribution is 0.323. The van der Waals surface area contributed by atoms with E-state index in [1.54, 1.807) is 0 Å². The predicted molar refractivity (Wildman–Crippen MR) is 70.2 cm³/mol. The van der Waals surface area contributed by atoms with Crippen LogP contribution in [0.4, 0.5) is 0 Å². The predicted octanol–water partition coefficient (Wildman–Crippen LogP) is 3.35. The van der Waals surface area contributed by atoms with E-state index < -0.39 is 0 Å². The summed E-state index contributed by atoms with van der Waals surface area (Å²) in [5.41, 5.74) is 3.73. The first-order chi connectivity index (χ1) is 7.77. The molecule has 0 radical (unpaired) electrons. The first-order valence-corrected chi connectivity index (χ1v) is 6.19. The molecule has 0 atom stereocenters. The Kier molecular flexibility index (Phi) is 7.34. The molecule has 1 aliphatic heterocycles. The second kappa shape index (κ2) is 7.97. The number of allylic oxidation sites excluding steroid dienone is 1. The van der Waals surface area contributed by atoms with Gasteiger partial charge in [0, 0.05) is 36.5 Å². The fraction of sp³-hybridized carbons (Fsp3) is 0.615. The van der Waals surface area contributed by atoms with E-state index in [1.807, 2.05) is 40.8 Å². The van der Waals surface area contributed by atoms with Crippen molar-refractivity contribution < 1.29 is 0 Å². The number of fused-ring (bicyclic) bond motifs is 1. The lowest BCUT2D eigenvalue weighted by atomic mass is 10.1. The summed E-state index contributed by atoms with van der Waals surface area (Å²) in [6.45, 7) is 16.0. The molecule has 0 bridgehead atoms. The van der Waals surface area contributed by atoms with E-state index in [-0.39, 0.29) is 0 Å². The van der Waals surface area contributed by atoms with Gasteiger partial charge in [0.05, 0.1) is 6.20 Å². The number of nitrogens with one attached hydrogen (secondary N) is 1. The van der Waals surface area contributed by atoms with Crippen molar-refractivity contribution in [2.75, 3.05) is 6.54 Å². The lowest BCUT2D eigenvalue weighted by Gasteiger charge is -2.28. The molecule has 1 aromatic rings. The Morgan fingerprint density at radius 1 is 1.38 bits per heavy atom. The molecule has 0 spiro atoms. The zero-order valence-corrected chi connectivity index (χ0v) is 11.3. The summed E-state index contributed by atoms with van der Waals surface area (Å²) < 4.78 is 0. The Morgan fingerprint density at radius 3 is 2.56 bits per heavy atom. The minimum absolute atomic E-state index is 0.959. The fourth-order valence-electron chi connectivity index (χ4n) is 1.55. The van der Waals surface area contributed by atoms with Crippen LogP contribution < -0.4 is 0 Å². The zero-order valence-electron chi connectivity index (χ0n) is 11.3. The standard InChI is InChI=1S/C9H13N3.2C2H6/c1-7(2)12-4-3-9-8(6-12)5-10-11-9;2*1-2/h5H,1,3-4,6H2,2H3,(H,10,11);2*1-2H3. The summed E-state index contributed by atoms with van der Waals surface area (Å²) in [6, 6.07) is 0. The second-order valence-electron chi connectivity index (χ2n) is 3.28. The Morgan fingerprint density at radius 2 is 2.00 bits per heavy atom. The van der Waals surface area contributed by atoms with Crippen LogP contribution >= 0.6 is 0 Å². The van der Waals surface area contributed by atoms with Crippen molar-refractivity contribution in [2.24, 2.45) is 0 Å². The van der Waals surface area contributed by atoms with Crippen molar-refractivity contribution in [1.82, 2.24) is 15.1 Å². The van der Waals surface area contributed by atoms with Gasteiger partial charge in [0.15, 0.2) is 0 Å². The third-order valence-corrected chi connectivity index (χ3v) is 2.34. The first-order valence-electron chi connectivity index (χ1n) is 6.19. The van der Waals surface area contributed by atoms with Crippen molar-refractivity contribution in [3.63, 3.8) is 0 Å². The molecule has 0 amide bonds. The van der Waals surface area contributed by atoms with Crippen LogP contribution in [0.2, 0.25) is 0 Å². The molecule has 0 saturated heterocycles. The van der Waals surface area contributed by atoms with Gasteiger partial charge in [0.25, 0.3) is 0 Å². The van der Waals surface area contributed by atoms with Crippen LogP contribution in [0.15, 0.2) is 18.5 Å². The number of H-pyrrole nitrogens is 1. The third-order valence-electron chi connectivity index (χ3n) is 2.34. The zero-order chi connectivity index (χ0) is 12.6. The Hall–Kier alpha value is -1.25. The van der Waals surface area contributed by atoms with Crippen LogP contribution in [-0.4, -0.2) is 21.6 Å². The van der Waals surface area contributed by atoms with Crippen LogP contribution in [0.1, 0.15) is 45.9 Å². The molecular weight excluding hydrogens is 198 g/mol. The van der Waals surface area contributed by atoms with Gasteiger partial charge in [-0.2, -0.15) is 5.10 Å². The normalized spacial score (nSPS) is 12.7. The van der Waals surface area contributed by atoms with E-state index in [9.17, 15) is 0 Å². The molecule has 16 heavy (non-hydrogen) atoms. The van der Waals surface area contributed by atoms with Gasteiger partial charge in [0.1, 0.15) is 0 Å². The minimum Gasteiger partial charge on any atom is -0.371 e. The van der Waals surface area contributed by atoms with Gasteiger partial charge in [-0.3, -0.25) is 5.10 Å². The van der Waals surface area contributed by atoms with Gasteiger partial charge in [-0.05, 0) is 6.92 Å². The van der Waals surface area contributed by atoms with E-state index in [0.717, 1.165) is 25.2 Å². The number of aromatic amines is 1. The maximum Gasteiger partial charge on any atom is 0.0540 e. The number of hydrogen-bond donors (Lipinski definition) is 1. The van der Waals surface area contributed by atoms with Gasteiger partial charge >= 0.3 is 0 Å².